The Hall–Kier alpha value is -1.21. The van der Waals surface area contributed by atoms with Gasteiger partial charge in [0.2, 0.25) is 0 Å². The largest absolute Gasteiger partial charge is 0.354 e. The van der Waals surface area contributed by atoms with Crippen molar-refractivity contribution in [2.75, 3.05) is 23.7 Å². The number of nitrogens with zero attached hydrogens (tertiary/aromatic N) is 3. The molecule has 0 aromatic carbocycles. The van der Waals surface area contributed by atoms with Crippen molar-refractivity contribution in [1.29, 1.82) is 5.26 Å². The van der Waals surface area contributed by atoms with E-state index in [4.69, 9.17) is 4.98 Å². The van der Waals surface area contributed by atoms with Crippen LogP contribution in [0.2, 0.25) is 0 Å². The lowest BCUT2D eigenvalue weighted by Gasteiger charge is -2.32. The predicted molar refractivity (Wildman–Crippen MR) is 79.7 cm³/mol. The van der Waals surface area contributed by atoms with Crippen LogP contribution in [0.15, 0.2) is 6.07 Å². The first kappa shape index (κ1) is 12.8. The maximum atomic E-state index is 9.39. The molecule has 1 aliphatic carbocycles. The Morgan fingerprint density at radius 1 is 1.42 bits per heavy atom. The molecule has 1 unspecified atom stereocenters. The van der Waals surface area contributed by atoms with Gasteiger partial charge in [0.15, 0.2) is 0 Å². The lowest BCUT2D eigenvalue weighted by atomic mass is 9.95. The van der Waals surface area contributed by atoms with Crippen LogP contribution in [0.1, 0.15) is 36.6 Å². The Balaban J connectivity index is 1.97. The molecule has 1 aromatic heterocycles. The summed E-state index contributed by atoms with van der Waals surface area (Å²) in [6, 6.07) is 4.43. The Bertz CT molecular complexity index is 521. The molecule has 0 spiro atoms. The summed E-state index contributed by atoms with van der Waals surface area (Å²) in [6.45, 7) is 4.27. The van der Waals surface area contributed by atoms with Crippen molar-refractivity contribution in [1.82, 2.24) is 4.98 Å². The van der Waals surface area contributed by atoms with Gasteiger partial charge in [0.05, 0.1) is 5.56 Å². The average Bonchev–Trinajstić information content (AvgIpc) is 2.46. The van der Waals surface area contributed by atoms with Gasteiger partial charge in [-0.05, 0) is 37.3 Å². The summed E-state index contributed by atoms with van der Waals surface area (Å²) in [5, 5.41) is 10.0. The number of thioether (sulfide) groups is 1. The number of fused-ring (bicyclic) bond motifs is 1. The highest BCUT2D eigenvalue weighted by Crippen LogP contribution is 2.29. The fourth-order valence-electron chi connectivity index (χ4n) is 2.96. The van der Waals surface area contributed by atoms with E-state index in [1.54, 1.807) is 0 Å². The quantitative estimate of drug-likeness (QED) is 0.789. The van der Waals surface area contributed by atoms with Crippen molar-refractivity contribution in [3.05, 3.63) is 22.9 Å². The van der Waals surface area contributed by atoms with Gasteiger partial charge >= 0.3 is 0 Å². The molecule has 1 aliphatic heterocycles. The number of pyridine rings is 1. The zero-order valence-corrected chi connectivity index (χ0v) is 12.2. The second-order valence-electron chi connectivity index (χ2n) is 5.41. The van der Waals surface area contributed by atoms with Gasteiger partial charge in [0.1, 0.15) is 11.9 Å². The molecule has 2 aliphatic rings. The monoisotopic (exact) mass is 273 g/mol. The van der Waals surface area contributed by atoms with Crippen LogP contribution >= 0.6 is 11.8 Å². The fourth-order valence-corrected chi connectivity index (χ4v) is 3.97. The van der Waals surface area contributed by atoms with Crippen molar-refractivity contribution in [2.45, 2.75) is 37.9 Å². The van der Waals surface area contributed by atoms with Gasteiger partial charge < -0.3 is 4.90 Å². The molecule has 19 heavy (non-hydrogen) atoms. The highest BCUT2D eigenvalue weighted by atomic mass is 32.2. The molecule has 3 rings (SSSR count). The van der Waals surface area contributed by atoms with Gasteiger partial charge in [-0.15, -0.1) is 0 Å². The third kappa shape index (κ3) is 2.57. The standard InChI is InChI=1S/C15H19N3S/c1-11-10-18(6-7-19-11)15-13(9-16)8-12-4-2-3-5-14(12)17-15/h8,11H,2-7,10H2,1H3. The normalized spacial score (nSPS) is 22.7. The Morgan fingerprint density at radius 2 is 2.26 bits per heavy atom. The number of hydrogen-bond acceptors (Lipinski definition) is 4. The van der Waals surface area contributed by atoms with E-state index in [0.717, 1.165) is 43.1 Å². The zero-order valence-electron chi connectivity index (χ0n) is 11.4. The van der Waals surface area contributed by atoms with Crippen molar-refractivity contribution < 1.29 is 0 Å². The smallest absolute Gasteiger partial charge is 0.146 e. The van der Waals surface area contributed by atoms with E-state index in [2.05, 4.69) is 24.0 Å². The molecule has 0 radical (unpaired) electrons. The Kier molecular flexibility index (Phi) is 3.65. The van der Waals surface area contributed by atoms with Crippen molar-refractivity contribution in [3.63, 3.8) is 0 Å². The minimum absolute atomic E-state index is 0.623. The molecule has 0 saturated carbocycles. The average molecular weight is 273 g/mol. The first-order chi connectivity index (χ1) is 9.28. The lowest BCUT2D eigenvalue weighted by molar-refractivity contribution is 0.662. The van der Waals surface area contributed by atoms with E-state index >= 15 is 0 Å². The molecule has 1 aromatic rings. The Labute approximate surface area is 119 Å². The minimum Gasteiger partial charge on any atom is -0.354 e. The van der Waals surface area contributed by atoms with E-state index < -0.39 is 0 Å². The van der Waals surface area contributed by atoms with Gasteiger partial charge in [0.25, 0.3) is 0 Å². The molecular formula is C15H19N3S. The van der Waals surface area contributed by atoms with E-state index in [9.17, 15) is 5.26 Å². The SMILES string of the molecule is CC1CN(c2nc3c(cc2C#N)CCCC3)CCS1. The van der Waals surface area contributed by atoms with Crippen LogP contribution in [0.4, 0.5) is 5.82 Å². The van der Waals surface area contributed by atoms with Crippen molar-refractivity contribution in [3.8, 4) is 6.07 Å². The molecule has 100 valence electrons. The number of rotatable bonds is 1. The summed E-state index contributed by atoms with van der Waals surface area (Å²) < 4.78 is 0. The number of aromatic nitrogens is 1. The van der Waals surface area contributed by atoms with Crippen LogP contribution < -0.4 is 4.90 Å². The van der Waals surface area contributed by atoms with Crippen LogP contribution in [0.3, 0.4) is 0 Å². The molecule has 1 saturated heterocycles. The van der Waals surface area contributed by atoms with Crippen LogP contribution in [0.25, 0.3) is 0 Å². The molecule has 0 bridgehead atoms. The highest BCUT2D eigenvalue weighted by molar-refractivity contribution is 8.00. The third-order valence-electron chi connectivity index (χ3n) is 3.94. The van der Waals surface area contributed by atoms with Crippen molar-refractivity contribution in [2.24, 2.45) is 0 Å². The van der Waals surface area contributed by atoms with Crippen LogP contribution in [-0.2, 0) is 12.8 Å². The fraction of sp³-hybridized carbons (Fsp3) is 0.600. The molecule has 1 fully saturated rings. The highest BCUT2D eigenvalue weighted by Gasteiger charge is 2.23. The number of anilines is 1. The van der Waals surface area contributed by atoms with Crippen LogP contribution in [0.5, 0.6) is 0 Å². The summed E-state index contributed by atoms with van der Waals surface area (Å²) in [5.41, 5.74) is 3.29. The lowest BCUT2D eigenvalue weighted by Crippen LogP contribution is -2.38. The maximum Gasteiger partial charge on any atom is 0.146 e. The predicted octanol–water partition coefficient (Wildman–Crippen LogP) is 2.77. The molecule has 3 nitrogen and oxygen atoms in total. The number of nitriles is 1. The first-order valence-electron chi connectivity index (χ1n) is 7.07. The number of aryl methyl sites for hydroxylation is 2. The van der Waals surface area contributed by atoms with Crippen molar-refractivity contribution >= 4 is 17.6 Å². The molecule has 0 amide bonds. The molecular weight excluding hydrogens is 254 g/mol. The first-order valence-corrected chi connectivity index (χ1v) is 8.12. The van der Waals surface area contributed by atoms with E-state index in [-0.39, 0.29) is 0 Å². The number of hydrogen-bond donors (Lipinski definition) is 0. The maximum absolute atomic E-state index is 9.39. The van der Waals surface area contributed by atoms with E-state index in [0.29, 0.717) is 5.25 Å². The van der Waals surface area contributed by atoms with Gasteiger partial charge in [-0.1, -0.05) is 6.92 Å². The van der Waals surface area contributed by atoms with Crippen LogP contribution in [-0.4, -0.2) is 29.1 Å². The summed E-state index contributed by atoms with van der Waals surface area (Å²) in [4.78, 5) is 7.14. The summed E-state index contributed by atoms with van der Waals surface area (Å²) >= 11 is 2.01. The second kappa shape index (κ2) is 5.42. The minimum atomic E-state index is 0.623. The van der Waals surface area contributed by atoms with E-state index in [1.807, 2.05) is 11.8 Å². The molecule has 1 atom stereocenters. The topological polar surface area (TPSA) is 39.9 Å². The Morgan fingerprint density at radius 3 is 3.05 bits per heavy atom. The van der Waals surface area contributed by atoms with Gasteiger partial charge in [0, 0.05) is 29.8 Å². The summed E-state index contributed by atoms with van der Waals surface area (Å²) in [6.07, 6.45) is 4.63. The third-order valence-corrected chi connectivity index (χ3v) is 5.08. The second-order valence-corrected chi connectivity index (χ2v) is 6.96. The van der Waals surface area contributed by atoms with Gasteiger partial charge in [-0.2, -0.15) is 17.0 Å². The molecule has 0 N–H and O–H groups in total. The van der Waals surface area contributed by atoms with Gasteiger partial charge in [-0.3, -0.25) is 0 Å². The zero-order chi connectivity index (χ0) is 13.2. The molecule has 2 heterocycles. The van der Waals surface area contributed by atoms with Crippen LogP contribution in [0, 0.1) is 11.3 Å². The van der Waals surface area contributed by atoms with E-state index in [1.165, 1.54) is 24.1 Å². The summed E-state index contributed by atoms with van der Waals surface area (Å²) in [7, 11) is 0. The molecule has 4 heteroatoms. The summed E-state index contributed by atoms with van der Waals surface area (Å²) in [5.74, 6) is 2.06. The van der Waals surface area contributed by atoms with Gasteiger partial charge in [-0.25, -0.2) is 4.98 Å².